The van der Waals surface area contributed by atoms with E-state index < -0.39 is 0 Å². The number of fused-ring (bicyclic) bond motifs is 1. The van der Waals surface area contributed by atoms with Crippen molar-refractivity contribution in [3.8, 4) is 11.5 Å². The summed E-state index contributed by atoms with van der Waals surface area (Å²) in [6.45, 7) is 2.10. The standard InChI is InChI=1S/C17H15NO3/c1-12(9-15(19)13-5-3-2-4-6-13)18-14-7-8-16-17(10-14)21-11-20-16/h2-10,18H,11H2,1H3/b12-9-. The lowest BCUT2D eigenvalue weighted by atomic mass is 10.1. The lowest BCUT2D eigenvalue weighted by molar-refractivity contribution is 0.104. The minimum Gasteiger partial charge on any atom is -0.454 e. The highest BCUT2D eigenvalue weighted by Gasteiger charge is 2.13. The zero-order chi connectivity index (χ0) is 14.7. The molecule has 0 saturated carbocycles. The Morgan fingerprint density at radius 3 is 2.67 bits per heavy atom. The van der Waals surface area contributed by atoms with E-state index in [-0.39, 0.29) is 12.6 Å². The highest BCUT2D eigenvalue weighted by Crippen LogP contribution is 2.34. The molecule has 0 aromatic heterocycles. The van der Waals surface area contributed by atoms with Gasteiger partial charge in [0.1, 0.15) is 0 Å². The number of nitrogens with one attached hydrogen (secondary N) is 1. The molecule has 0 saturated heterocycles. The molecular formula is C17H15NO3. The van der Waals surface area contributed by atoms with Crippen LogP contribution in [0.3, 0.4) is 0 Å². The average Bonchev–Trinajstić information content (AvgIpc) is 2.95. The second kappa shape index (κ2) is 5.71. The molecule has 0 atom stereocenters. The van der Waals surface area contributed by atoms with Crippen molar-refractivity contribution in [1.82, 2.24) is 0 Å². The molecule has 3 rings (SSSR count). The maximum absolute atomic E-state index is 12.1. The number of hydrogen-bond donors (Lipinski definition) is 1. The Labute approximate surface area is 123 Å². The van der Waals surface area contributed by atoms with E-state index in [4.69, 9.17) is 9.47 Å². The second-order valence-corrected chi connectivity index (χ2v) is 4.75. The molecule has 4 heteroatoms. The SMILES string of the molecule is C/C(=C/C(=O)c1ccccc1)Nc1ccc2c(c1)OCO2. The molecule has 2 aromatic carbocycles. The molecule has 0 spiro atoms. The molecule has 1 N–H and O–H groups in total. The van der Waals surface area contributed by atoms with Crippen LogP contribution >= 0.6 is 0 Å². The van der Waals surface area contributed by atoms with Gasteiger partial charge < -0.3 is 14.8 Å². The van der Waals surface area contributed by atoms with Gasteiger partial charge in [-0.25, -0.2) is 0 Å². The van der Waals surface area contributed by atoms with Gasteiger partial charge in [0.05, 0.1) is 0 Å². The first-order valence-corrected chi connectivity index (χ1v) is 6.67. The molecule has 0 amide bonds. The van der Waals surface area contributed by atoms with Crippen LogP contribution in [0.5, 0.6) is 11.5 Å². The van der Waals surface area contributed by atoms with Crippen molar-refractivity contribution in [3.05, 3.63) is 65.9 Å². The molecule has 2 aromatic rings. The fourth-order valence-corrected chi connectivity index (χ4v) is 2.12. The van der Waals surface area contributed by atoms with Crippen LogP contribution in [0.15, 0.2) is 60.3 Å². The van der Waals surface area contributed by atoms with Crippen molar-refractivity contribution in [2.75, 3.05) is 12.1 Å². The molecule has 1 aliphatic heterocycles. The van der Waals surface area contributed by atoms with E-state index in [1.807, 2.05) is 43.3 Å². The molecule has 0 fully saturated rings. The number of ketones is 1. The van der Waals surface area contributed by atoms with Gasteiger partial charge in [-0.1, -0.05) is 30.3 Å². The van der Waals surface area contributed by atoms with Gasteiger partial charge in [0.15, 0.2) is 17.3 Å². The summed E-state index contributed by atoms with van der Waals surface area (Å²) in [7, 11) is 0. The Morgan fingerprint density at radius 1 is 1.10 bits per heavy atom. The number of anilines is 1. The number of carbonyl (C=O) groups is 1. The summed E-state index contributed by atoms with van der Waals surface area (Å²) in [5.41, 5.74) is 2.29. The Bertz CT molecular complexity index is 692. The number of ether oxygens (including phenoxy) is 2. The molecule has 0 unspecified atom stereocenters. The first-order chi connectivity index (χ1) is 10.2. The van der Waals surface area contributed by atoms with Gasteiger partial charge in [-0.15, -0.1) is 0 Å². The molecular weight excluding hydrogens is 266 g/mol. The van der Waals surface area contributed by atoms with Crippen molar-refractivity contribution in [2.24, 2.45) is 0 Å². The molecule has 1 aliphatic rings. The molecule has 0 bridgehead atoms. The van der Waals surface area contributed by atoms with Gasteiger partial charge in [-0.3, -0.25) is 4.79 Å². The molecule has 0 radical (unpaired) electrons. The van der Waals surface area contributed by atoms with Crippen LogP contribution in [0.4, 0.5) is 5.69 Å². The Hall–Kier alpha value is -2.75. The predicted molar refractivity (Wildman–Crippen MR) is 80.7 cm³/mol. The summed E-state index contributed by atoms with van der Waals surface area (Å²) in [4.78, 5) is 12.1. The molecule has 0 aliphatic carbocycles. The van der Waals surface area contributed by atoms with E-state index in [9.17, 15) is 4.79 Å². The van der Waals surface area contributed by atoms with E-state index in [1.54, 1.807) is 18.2 Å². The van der Waals surface area contributed by atoms with Crippen LogP contribution in [0.25, 0.3) is 0 Å². The third-order valence-electron chi connectivity index (χ3n) is 3.12. The summed E-state index contributed by atoms with van der Waals surface area (Å²) in [5, 5.41) is 3.18. The first-order valence-electron chi connectivity index (χ1n) is 6.67. The van der Waals surface area contributed by atoms with Crippen LogP contribution < -0.4 is 14.8 Å². The van der Waals surface area contributed by atoms with E-state index in [2.05, 4.69) is 5.32 Å². The highest BCUT2D eigenvalue weighted by molar-refractivity contribution is 6.05. The predicted octanol–water partition coefficient (Wildman–Crippen LogP) is 3.61. The van der Waals surface area contributed by atoms with Crippen molar-refractivity contribution < 1.29 is 14.3 Å². The fourth-order valence-electron chi connectivity index (χ4n) is 2.12. The third-order valence-corrected chi connectivity index (χ3v) is 3.12. The smallest absolute Gasteiger partial charge is 0.231 e. The summed E-state index contributed by atoms with van der Waals surface area (Å²) in [6.07, 6.45) is 1.58. The van der Waals surface area contributed by atoms with Crippen molar-refractivity contribution in [2.45, 2.75) is 6.92 Å². The van der Waals surface area contributed by atoms with E-state index in [1.165, 1.54) is 0 Å². The lowest BCUT2D eigenvalue weighted by Crippen LogP contribution is -2.01. The number of carbonyl (C=O) groups excluding carboxylic acids is 1. The lowest BCUT2D eigenvalue weighted by Gasteiger charge is -2.07. The van der Waals surface area contributed by atoms with Crippen LogP contribution in [0, 0.1) is 0 Å². The largest absolute Gasteiger partial charge is 0.454 e. The number of rotatable bonds is 4. The second-order valence-electron chi connectivity index (χ2n) is 4.75. The zero-order valence-electron chi connectivity index (χ0n) is 11.6. The summed E-state index contributed by atoms with van der Waals surface area (Å²) < 4.78 is 10.6. The van der Waals surface area contributed by atoms with E-state index >= 15 is 0 Å². The molecule has 106 valence electrons. The average molecular weight is 281 g/mol. The Kier molecular flexibility index (Phi) is 3.60. The van der Waals surface area contributed by atoms with Gasteiger partial charge in [0.25, 0.3) is 0 Å². The van der Waals surface area contributed by atoms with Crippen molar-refractivity contribution in [1.29, 1.82) is 0 Å². The van der Waals surface area contributed by atoms with Crippen LogP contribution in [0.2, 0.25) is 0 Å². The van der Waals surface area contributed by atoms with E-state index in [0.29, 0.717) is 11.3 Å². The minimum absolute atomic E-state index is 0.0265. The quantitative estimate of drug-likeness (QED) is 0.687. The number of benzene rings is 2. The highest BCUT2D eigenvalue weighted by atomic mass is 16.7. The molecule has 21 heavy (non-hydrogen) atoms. The van der Waals surface area contributed by atoms with Gasteiger partial charge >= 0.3 is 0 Å². The van der Waals surface area contributed by atoms with Crippen LogP contribution in [-0.4, -0.2) is 12.6 Å². The first kappa shape index (κ1) is 13.2. The Balaban J connectivity index is 1.72. The van der Waals surface area contributed by atoms with Crippen molar-refractivity contribution >= 4 is 11.5 Å². The normalized spacial score (nSPS) is 13.1. The van der Waals surface area contributed by atoms with Gasteiger partial charge in [0, 0.05) is 29.1 Å². The zero-order valence-corrected chi connectivity index (χ0v) is 11.6. The van der Waals surface area contributed by atoms with Crippen LogP contribution in [0.1, 0.15) is 17.3 Å². The Morgan fingerprint density at radius 2 is 1.86 bits per heavy atom. The topological polar surface area (TPSA) is 47.6 Å². The minimum atomic E-state index is -0.0265. The van der Waals surface area contributed by atoms with Gasteiger partial charge in [0.2, 0.25) is 6.79 Å². The fraction of sp³-hybridized carbons (Fsp3) is 0.118. The van der Waals surface area contributed by atoms with Gasteiger partial charge in [-0.2, -0.15) is 0 Å². The number of allylic oxidation sites excluding steroid dienone is 2. The maximum Gasteiger partial charge on any atom is 0.231 e. The monoisotopic (exact) mass is 281 g/mol. The summed E-state index contributed by atoms with van der Waals surface area (Å²) in [6, 6.07) is 14.8. The van der Waals surface area contributed by atoms with Crippen molar-refractivity contribution in [3.63, 3.8) is 0 Å². The van der Waals surface area contributed by atoms with Gasteiger partial charge in [-0.05, 0) is 19.1 Å². The molecule has 1 heterocycles. The van der Waals surface area contributed by atoms with Crippen LogP contribution in [-0.2, 0) is 0 Å². The summed E-state index contributed by atoms with van der Waals surface area (Å²) in [5.74, 6) is 1.42. The maximum atomic E-state index is 12.1. The number of hydrogen-bond acceptors (Lipinski definition) is 4. The van der Waals surface area contributed by atoms with E-state index in [0.717, 1.165) is 17.1 Å². The summed E-state index contributed by atoms with van der Waals surface area (Å²) >= 11 is 0. The third kappa shape index (κ3) is 3.05. The molecule has 4 nitrogen and oxygen atoms in total.